The Morgan fingerprint density at radius 2 is 0.606 bits per heavy atom. The first-order chi connectivity index (χ1) is 11.3. The van der Waals surface area contributed by atoms with Crippen molar-refractivity contribution in [2.75, 3.05) is 0 Å². The summed E-state index contributed by atoms with van der Waals surface area (Å²) in [6, 6.07) is 0. The fraction of sp³-hybridized carbons (Fsp3) is 1.00. The normalized spacial score (nSPS) is 13.1. The van der Waals surface area contributed by atoms with Crippen molar-refractivity contribution in [2.24, 2.45) is 10.8 Å². The third kappa shape index (κ3) is 68.2. The molecule has 0 saturated heterocycles. The number of hydrogen-bond acceptors (Lipinski definition) is 0. The van der Waals surface area contributed by atoms with Crippen LogP contribution >= 0.6 is 0 Å². The minimum Gasteiger partial charge on any atom is -0.0683 e. The van der Waals surface area contributed by atoms with E-state index in [0.29, 0.717) is 10.8 Å². The Balaban J connectivity index is -0.0000000205. The maximum absolute atomic E-state index is 2.35. The van der Waals surface area contributed by atoms with Gasteiger partial charge in [-0.25, -0.2) is 0 Å². The zero-order chi connectivity index (χ0) is 18.9. The van der Waals surface area contributed by atoms with E-state index in [2.05, 4.69) is 41.5 Å². The van der Waals surface area contributed by atoms with Crippen molar-refractivity contribution >= 4 is 0 Å². The molecule has 0 N–H and O–H groups in total. The van der Waals surface area contributed by atoms with E-state index in [1.807, 2.05) is 13.8 Å². The molecule has 190 valence electrons. The van der Waals surface area contributed by atoms with Crippen LogP contribution in [0.2, 0.25) is 0 Å². The van der Waals surface area contributed by atoms with E-state index in [4.69, 9.17) is 0 Å². The van der Waals surface area contributed by atoms with Gasteiger partial charge >= 0.3 is 0 Å². The van der Waals surface area contributed by atoms with Gasteiger partial charge in [0.2, 0.25) is 0 Å². The molecule has 0 bridgehead atoms. The molecule has 0 unspecified atom stereocenters. The van der Waals surface area contributed by atoms with Gasteiger partial charge in [-0.2, -0.15) is 0 Å². The molecule has 3 aliphatic rings. The second-order valence-electron chi connectivity index (χ2n) is 9.50. The predicted molar refractivity (Wildman–Crippen MR) is 115 cm³/mol. The molecule has 0 aromatic heterocycles. The van der Waals surface area contributed by atoms with Crippen molar-refractivity contribution in [1.29, 1.82) is 0 Å². The first-order valence-corrected chi connectivity index (χ1v) is 11.3. The van der Waals surface area contributed by atoms with Crippen LogP contribution in [0.5, 0.6) is 0 Å². The maximum atomic E-state index is 2.35. The molecule has 0 amide bonds. The number of rotatable bonds is 2. The van der Waals surface area contributed by atoms with Crippen LogP contribution in [0, 0.1) is 10.8 Å². The van der Waals surface area contributed by atoms with Crippen LogP contribution in [0.4, 0.5) is 0 Å². The second kappa shape index (κ2) is 51.8. The van der Waals surface area contributed by atoms with E-state index >= 15 is 0 Å². The molecule has 0 nitrogen and oxygen atoms in total. The Bertz CT molecular complexity index is 230. The molecule has 3 aliphatic carbocycles. The zero-order valence-corrected chi connectivity index (χ0v) is 44.7. The van der Waals surface area contributed by atoms with Crippen molar-refractivity contribution < 1.29 is 217 Å². The molecule has 0 heterocycles. The van der Waals surface area contributed by atoms with Crippen LogP contribution in [-0.4, -0.2) is 0 Å². The van der Waals surface area contributed by atoms with Crippen LogP contribution in [0.15, 0.2) is 0 Å². The Hall–Kier alpha value is 7.13. The minimum atomic E-state index is 0. The van der Waals surface area contributed by atoms with Crippen molar-refractivity contribution in [3.05, 3.63) is 0 Å². The van der Waals surface area contributed by atoms with Crippen molar-refractivity contribution in [3.63, 3.8) is 0 Å². The van der Waals surface area contributed by atoms with Gasteiger partial charge in [0.15, 0.2) is 0 Å². The van der Waals surface area contributed by atoms with Crippen molar-refractivity contribution in [1.82, 2.24) is 0 Å². The summed E-state index contributed by atoms with van der Waals surface area (Å²) >= 11 is 0. The van der Waals surface area contributed by atoms with Crippen LogP contribution in [-0.2, 0) is 217 Å². The Kier molecular flexibility index (Phi) is 114. The summed E-state index contributed by atoms with van der Waals surface area (Å²) in [4.78, 5) is 0. The summed E-state index contributed by atoms with van der Waals surface area (Å²) in [6.45, 7) is 17.9. The first-order valence-electron chi connectivity index (χ1n) is 11.3. The third-order valence-corrected chi connectivity index (χ3v) is 4.97. The van der Waals surface area contributed by atoms with Crippen LogP contribution < -0.4 is 0 Å². The molecule has 9 heteroatoms. The van der Waals surface area contributed by atoms with Crippen LogP contribution in [0.1, 0.15) is 145 Å². The molecule has 0 aliphatic heterocycles. The average molecular weight is 1310 g/mol. The van der Waals surface area contributed by atoms with Gasteiger partial charge in [0.1, 0.15) is 0 Å². The van der Waals surface area contributed by atoms with E-state index in [0.717, 1.165) is 0 Å². The quantitative estimate of drug-likeness (QED) is 0.259. The van der Waals surface area contributed by atoms with E-state index in [-0.39, 0.29) is 217 Å². The molecule has 0 spiro atoms. The third-order valence-electron chi connectivity index (χ3n) is 4.97. The summed E-state index contributed by atoms with van der Waals surface area (Å²) in [5.41, 5.74) is 1.01. The number of hydrogen-bond donors (Lipinski definition) is 0. The molecular weight excluding hydrogens is 1260 g/mol. The fourth-order valence-electron chi connectivity index (χ4n) is 2.31. The standard InChI is InChI=1S/C10H22.3C4H8.C2H6.3V.3W.3Y/c1-7-10(5,6)8-9(2,3)4;3*1-2-4-3-1;1-2;;;;;;;;;/h7-8H2,1-6H3;3*1-4H2;1-2H3;;;;;;;;;. The summed E-state index contributed by atoms with van der Waals surface area (Å²) in [5, 5.41) is 0. The maximum Gasteiger partial charge on any atom is 0 e. The molecule has 0 aromatic carbocycles. The van der Waals surface area contributed by atoms with Gasteiger partial charge in [-0.3, -0.25) is 0 Å². The monoisotopic (exact) mass is 1310 g/mol. The Labute approximate surface area is 365 Å². The zero-order valence-electron chi connectivity index (χ0n) is 23.2. The molecule has 0 aromatic rings. The van der Waals surface area contributed by atoms with Gasteiger partial charge in [-0.1, -0.05) is 139 Å². The van der Waals surface area contributed by atoms with Gasteiger partial charge in [0.05, 0.1) is 0 Å². The minimum absolute atomic E-state index is 0. The second-order valence-corrected chi connectivity index (χ2v) is 9.50. The van der Waals surface area contributed by atoms with Gasteiger partial charge in [0.25, 0.3) is 0 Å². The SMILES string of the molecule is C1CCC1.C1CCC1.C1CCC1.CC.CCC(C)(C)CC(C)(C)C.[V].[V].[V].[W].[W].[W].[Y].[Y].[Y]. The average Bonchev–Trinajstić information content (AvgIpc) is 2.21. The summed E-state index contributed by atoms with van der Waals surface area (Å²) in [5.74, 6) is 0. The van der Waals surface area contributed by atoms with E-state index in [1.54, 1.807) is 0 Å². The molecule has 33 heavy (non-hydrogen) atoms. The largest absolute Gasteiger partial charge is 0.0683 e. The van der Waals surface area contributed by atoms with Gasteiger partial charge < -0.3 is 0 Å². The van der Waals surface area contributed by atoms with Crippen molar-refractivity contribution in [2.45, 2.75) is 145 Å². The van der Waals surface area contributed by atoms with E-state index < -0.39 is 0 Å². The van der Waals surface area contributed by atoms with E-state index in [1.165, 1.54) is 89.9 Å². The summed E-state index contributed by atoms with van der Waals surface area (Å²) in [7, 11) is 0. The molecule has 0 atom stereocenters. The van der Waals surface area contributed by atoms with E-state index in [9.17, 15) is 0 Å². The van der Waals surface area contributed by atoms with Gasteiger partial charge in [-0.15, -0.1) is 0 Å². The Morgan fingerprint density at radius 1 is 0.455 bits per heavy atom. The molecular formula is C24H52V3W3Y3. The fourth-order valence-corrected chi connectivity index (χ4v) is 2.31. The topological polar surface area (TPSA) is 0 Å². The van der Waals surface area contributed by atoms with Crippen molar-refractivity contribution in [3.8, 4) is 0 Å². The first kappa shape index (κ1) is 72.4. The van der Waals surface area contributed by atoms with Crippen LogP contribution in [0.3, 0.4) is 0 Å². The van der Waals surface area contributed by atoms with Gasteiger partial charge in [-0.05, 0) is 17.3 Å². The Morgan fingerprint density at radius 3 is 0.636 bits per heavy atom. The summed E-state index contributed by atoms with van der Waals surface area (Å²) in [6.07, 6.45) is 20.6. The molecule has 3 saturated carbocycles. The summed E-state index contributed by atoms with van der Waals surface area (Å²) < 4.78 is 0. The molecule has 3 fully saturated rings. The molecule has 3 rings (SSSR count). The smallest absolute Gasteiger partial charge is 0 e. The predicted octanol–water partition coefficient (Wildman–Crippen LogP) is 9.54. The molecule has 6 radical (unpaired) electrons. The van der Waals surface area contributed by atoms with Crippen LogP contribution in [0.25, 0.3) is 0 Å². The van der Waals surface area contributed by atoms with Gasteiger partial charge in [0, 0.05) is 217 Å².